The van der Waals surface area contributed by atoms with Crippen molar-refractivity contribution in [1.82, 2.24) is 0 Å². The van der Waals surface area contributed by atoms with E-state index in [1.54, 1.807) is 0 Å². The molecule has 0 aromatic heterocycles. The topological polar surface area (TPSA) is 46.2 Å². The molecule has 3 N–H and O–H groups in total. The van der Waals surface area contributed by atoms with E-state index in [2.05, 4.69) is 0 Å². The zero-order valence-corrected chi connectivity index (χ0v) is 8.58. The molecule has 1 aromatic carbocycles. The maximum atomic E-state index is 13.1. The van der Waals surface area contributed by atoms with Gasteiger partial charge in [-0.3, -0.25) is 0 Å². The van der Waals surface area contributed by atoms with E-state index in [0.717, 1.165) is 12.1 Å². The van der Waals surface area contributed by atoms with Gasteiger partial charge in [-0.05, 0) is 12.1 Å². The van der Waals surface area contributed by atoms with Gasteiger partial charge in [0.1, 0.15) is 11.6 Å². The minimum Gasteiger partial charge on any atom is -0.394 e. The van der Waals surface area contributed by atoms with Gasteiger partial charge in [0.25, 0.3) is 0 Å². The Bertz CT molecular complexity index is 322. The van der Waals surface area contributed by atoms with Crippen molar-refractivity contribution >= 4 is 24.0 Å². The first-order chi connectivity index (χ1) is 6.07. The summed E-state index contributed by atoms with van der Waals surface area (Å²) in [5.41, 5.74) is 4.90. The van der Waals surface area contributed by atoms with Crippen molar-refractivity contribution in [2.45, 2.75) is 6.04 Å². The third kappa shape index (κ3) is 2.54. The van der Waals surface area contributed by atoms with Crippen LogP contribution in [0.1, 0.15) is 11.6 Å². The van der Waals surface area contributed by atoms with Crippen molar-refractivity contribution in [2.24, 2.45) is 5.73 Å². The van der Waals surface area contributed by atoms with Crippen molar-refractivity contribution in [3.8, 4) is 0 Å². The van der Waals surface area contributed by atoms with E-state index in [1.165, 1.54) is 0 Å². The molecule has 1 atom stereocenters. The SMILES string of the molecule is Cl.N[C@@H](CO)c1c(F)ccc(Cl)c1F. The number of aliphatic hydroxyl groups excluding tert-OH is 1. The van der Waals surface area contributed by atoms with Crippen LogP contribution in [-0.4, -0.2) is 11.7 Å². The van der Waals surface area contributed by atoms with Crippen LogP contribution in [0.2, 0.25) is 5.02 Å². The predicted octanol–water partition coefficient (Wildman–Crippen LogP) is 2.03. The number of hydrogen-bond donors (Lipinski definition) is 2. The normalized spacial score (nSPS) is 12.1. The summed E-state index contributed by atoms with van der Waals surface area (Å²) in [4.78, 5) is 0. The van der Waals surface area contributed by atoms with E-state index in [9.17, 15) is 8.78 Å². The highest BCUT2D eigenvalue weighted by atomic mass is 35.5. The van der Waals surface area contributed by atoms with Crippen LogP contribution in [0.15, 0.2) is 12.1 Å². The molecule has 0 unspecified atom stereocenters. The van der Waals surface area contributed by atoms with E-state index in [0.29, 0.717) is 0 Å². The second-order valence-electron chi connectivity index (χ2n) is 2.55. The zero-order chi connectivity index (χ0) is 10.0. The van der Waals surface area contributed by atoms with Gasteiger partial charge in [0, 0.05) is 5.56 Å². The van der Waals surface area contributed by atoms with Gasteiger partial charge in [-0.15, -0.1) is 12.4 Å². The Labute approximate surface area is 91.1 Å². The number of nitrogens with two attached hydrogens (primary N) is 1. The summed E-state index contributed by atoms with van der Waals surface area (Å²) in [5, 5.41) is 8.42. The summed E-state index contributed by atoms with van der Waals surface area (Å²) < 4.78 is 26.1. The predicted molar refractivity (Wildman–Crippen MR) is 52.6 cm³/mol. The quantitative estimate of drug-likeness (QED) is 0.782. The molecule has 0 aliphatic carbocycles. The van der Waals surface area contributed by atoms with E-state index >= 15 is 0 Å². The molecule has 0 heterocycles. The highest BCUT2D eigenvalue weighted by Gasteiger charge is 2.18. The Morgan fingerprint density at radius 2 is 2.00 bits per heavy atom. The third-order valence-electron chi connectivity index (χ3n) is 1.65. The number of hydrogen-bond acceptors (Lipinski definition) is 2. The van der Waals surface area contributed by atoms with Crippen LogP contribution in [0.3, 0.4) is 0 Å². The second-order valence-corrected chi connectivity index (χ2v) is 2.95. The Kier molecular flexibility index (Phi) is 5.29. The molecule has 0 amide bonds. The number of rotatable bonds is 2. The Balaban J connectivity index is 0.00000169. The maximum absolute atomic E-state index is 13.1. The van der Waals surface area contributed by atoms with Crippen molar-refractivity contribution in [1.29, 1.82) is 0 Å². The Morgan fingerprint density at radius 1 is 1.43 bits per heavy atom. The van der Waals surface area contributed by atoms with Crippen molar-refractivity contribution < 1.29 is 13.9 Å². The van der Waals surface area contributed by atoms with Gasteiger partial charge in [-0.25, -0.2) is 8.78 Å². The molecule has 0 bridgehead atoms. The molecule has 1 rings (SSSR count). The van der Waals surface area contributed by atoms with E-state index < -0.39 is 24.3 Å². The summed E-state index contributed by atoms with van der Waals surface area (Å²) in [6.07, 6.45) is 0. The van der Waals surface area contributed by atoms with Gasteiger partial charge in [-0.1, -0.05) is 11.6 Å². The summed E-state index contributed by atoms with van der Waals surface area (Å²) in [5.74, 6) is -1.72. The van der Waals surface area contributed by atoms with Gasteiger partial charge >= 0.3 is 0 Å². The van der Waals surface area contributed by atoms with Gasteiger partial charge < -0.3 is 10.8 Å². The Hall–Kier alpha value is -0.420. The molecule has 2 nitrogen and oxygen atoms in total. The average Bonchev–Trinajstić information content (AvgIpc) is 2.12. The molecule has 0 fully saturated rings. The monoisotopic (exact) mass is 243 g/mol. The largest absolute Gasteiger partial charge is 0.394 e. The molecular weight excluding hydrogens is 235 g/mol. The Morgan fingerprint density at radius 3 is 2.50 bits per heavy atom. The summed E-state index contributed by atoms with van der Waals surface area (Å²) in [6, 6.07) is 1.02. The first-order valence-electron chi connectivity index (χ1n) is 3.57. The van der Waals surface area contributed by atoms with Gasteiger partial charge in [-0.2, -0.15) is 0 Å². The third-order valence-corrected chi connectivity index (χ3v) is 1.94. The fourth-order valence-corrected chi connectivity index (χ4v) is 1.14. The smallest absolute Gasteiger partial charge is 0.149 e. The van der Waals surface area contributed by atoms with E-state index in [-0.39, 0.29) is 23.0 Å². The lowest BCUT2D eigenvalue weighted by molar-refractivity contribution is 0.262. The van der Waals surface area contributed by atoms with Crippen molar-refractivity contribution in [2.75, 3.05) is 6.61 Å². The molecule has 0 aliphatic rings. The number of halogens is 4. The lowest BCUT2D eigenvalue weighted by Crippen LogP contribution is -2.18. The highest BCUT2D eigenvalue weighted by molar-refractivity contribution is 6.30. The highest BCUT2D eigenvalue weighted by Crippen LogP contribution is 2.24. The van der Waals surface area contributed by atoms with Crippen LogP contribution in [0.25, 0.3) is 0 Å². The summed E-state index contributed by atoms with van der Waals surface area (Å²) in [6.45, 7) is -0.534. The van der Waals surface area contributed by atoms with Crippen LogP contribution in [0.4, 0.5) is 8.78 Å². The molecule has 0 aliphatic heterocycles. The molecule has 1 aromatic rings. The molecule has 0 spiro atoms. The van der Waals surface area contributed by atoms with Crippen molar-refractivity contribution in [3.05, 3.63) is 34.4 Å². The molecule has 80 valence electrons. The van der Waals surface area contributed by atoms with Crippen LogP contribution >= 0.6 is 24.0 Å². The fraction of sp³-hybridized carbons (Fsp3) is 0.250. The summed E-state index contributed by atoms with van der Waals surface area (Å²) in [7, 11) is 0. The van der Waals surface area contributed by atoms with Gasteiger partial charge in [0.2, 0.25) is 0 Å². The van der Waals surface area contributed by atoms with Crippen LogP contribution in [0, 0.1) is 11.6 Å². The van der Waals surface area contributed by atoms with Crippen molar-refractivity contribution in [3.63, 3.8) is 0 Å². The fourth-order valence-electron chi connectivity index (χ4n) is 0.974. The first kappa shape index (κ1) is 13.6. The van der Waals surface area contributed by atoms with Crippen LogP contribution in [-0.2, 0) is 0 Å². The van der Waals surface area contributed by atoms with Gasteiger partial charge in [0.15, 0.2) is 0 Å². The number of benzene rings is 1. The minimum atomic E-state index is -1.08. The van der Waals surface area contributed by atoms with Crippen LogP contribution < -0.4 is 5.73 Å². The lowest BCUT2D eigenvalue weighted by Gasteiger charge is -2.11. The summed E-state index contributed by atoms with van der Waals surface area (Å²) >= 11 is 5.41. The molecule has 14 heavy (non-hydrogen) atoms. The second kappa shape index (κ2) is 5.46. The molecule has 0 saturated heterocycles. The molecule has 0 saturated carbocycles. The number of aliphatic hydroxyl groups is 1. The lowest BCUT2D eigenvalue weighted by atomic mass is 10.1. The molecule has 6 heteroatoms. The van der Waals surface area contributed by atoms with E-state index in [1.807, 2.05) is 0 Å². The first-order valence-corrected chi connectivity index (χ1v) is 3.95. The molecule has 0 radical (unpaired) electrons. The zero-order valence-electron chi connectivity index (χ0n) is 7.01. The van der Waals surface area contributed by atoms with Gasteiger partial charge in [0.05, 0.1) is 17.7 Å². The minimum absolute atomic E-state index is 0. The van der Waals surface area contributed by atoms with E-state index in [4.69, 9.17) is 22.4 Å². The van der Waals surface area contributed by atoms with Crippen LogP contribution in [0.5, 0.6) is 0 Å². The molecular formula is C8H9Cl2F2NO. The standard InChI is InChI=1S/C8H8ClF2NO.ClH/c9-4-1-2-5(10)7(8(4)11)6(12)3-13;/h1-2,6,13H,3,12H2;1H/t6-;/m0./s1. The average molecular weight is 244 g/mol. The maximum Gasteiger partial charge on any atom is 0.149 e.